The number of benzene rings is 1. The predicted octanol–water partition coefficient (Wildman–Crippen LogP) is 0.905. The van der Waals surface area contributed by atoms with E-state index in [-0.39, 0.29) is 5.69 Å². The zero-order valence-corrected chi connectivity index (χ0v) is 9.01. The number of nitro groups is 3. The van der Waals surface area contributed by atoms with E-state index in [2.05, 4.69) is 4.74 Å². The molecule has 96 valence electrons. The molecule has 1 rings (SSSR count). The van der Waals surface area contributed by atoms with Gasteiger partial charge in [0.05, 0.1) is 12.0 Å². The number of hydrogen-bond acceptors (Lipinski definition) is 7. The average Bonchev–Trinajstić information content (AvgIpc) is 2.30. The van der Waals surface area contributed by atoms with E-state index in [4.69, 9.17) is 0 Å². The first kappa shape index (κ1) is 13.4. The molecule has 1 aromatic rings. The molecular weight excluding hydrogens is 250 g/mol. The molecule has 0 spiro atoms. The summed E-state index contributed by atoms with van der Waals surface area (Å²) in [6, 6.07) is 3.67. The van der Waals surface area contributed by atoms with Gasteiger partial charge in [0, 0.05) is 12.1 Å². The van der Waals surface area contributed by atoms with Crippen LogP contribution in [0.1, 0.15) is 5.56 Å². The Bertz CT molecular complexity index is 484. The van der Waals surface area contributed by atoms with Gasteiger partial charge in [-0.1, -0.05) is 0 Å². The van der Waals surface area contributed by atoms with Gasteiger partial charge in [-0.05, 0) is 12.1 Å². The first-order valence-electron chi connectivity index (χ1n) is 4.45. The van der Waals surface area contributed by atoms with Gasteiger partial charge in [0.15, 0.2) is 0 Å². The van der Waals surface area contributed by atoms with Crippen LogP contribution < -0.4 is 0 Å². The maximum atomic E-state index is 10.8. The fourth-order valence-corrected chi connectivity index (χ4v) is 1.34. The van der Waals surface area contributed by atoms with Crippen LogP contribution in [0.2, 0.25) is 0 Å². The van der Waals surface area contributed by atoms with Gasteiger partial charge in [0.1, 0.15) is 15.4 Å². The third kappa shape index (κ3) is 1.96. The summed E-state index contributed by atoms with van der Waals surface area (Å²) in [7, 11) is 0.813. The largest absolute Gasteiger partial charge is 0.606 e. The Kier molecular flexibility index (Phi) is 3.52. The van der Waals surface area contributed by atoms with Crippen LogP contribution >= 0.6 is 0 Å². The summed E-state index contributed by atoms with van der Waals surface area (Å²) >= 11 is 0. The van der Waals surface area contributed by atoms with Crippen molar-refractivity contribution < 1.29 is 19.5 Å². The van der Waals surface area contributed by atoms with E-state index in [0.717, 1.165) is 31.4 Å². The van der Waals surface area contributed by atoms with Gasteiger partial charge in [-0.25, -0.2) is 0 Å². The lowest BCUT2D eigenvalue weighted by molar-refractivity contribution is -0.863. The van der Waals surface area contributed by atoms with Crippen molar-refractivity contribution in [2.75, 3.05) is 7.11 Å². The van der Waals surface area contributed by atoms with E-state index in [1.807, 2.05) is 0 Å². The highest BCUT2D eigenvalue weighted by Gasteiger charge is 2.60. The van der Waals surface area contributed by atoms with Gasteiger partial charge in [-0.15, -0.1) is 0 Å². The second kappa shape index (κ2) is 4.71. The van der Waals surface area contributed by atoms with Crippen molar-refractivity contribution in [3.05, 3.63) is 60.2 Å². The number of non-ortho nitro benzene ring substituents is 1. The molecule has 0 radical (unpaired) electrons. The fourth-order valence-electron chi connectivity index (χ4n) is 1.34. The highest BCUT2D eigenvalue weighted by Crippen LogP contribution is 2.28. The minimum absolute atomic E-state index is 0.338. The molecule has 0 fully saturated rings. The van der Waals surface area contributed by atoms with Crippen LogP contribution in [0.3, 0.4) is 0 Å². The van der Waals surface area contributed by atoms with Crippen molar-refractivity contribution in [3.8, 4) is 0 Å². The zero-order chi connectivity index (χ0) is 13.9. The molecule has 0 heterocycles. The smallest absolute Gasteiger partial charge is 0.258 e. The molecule has 0 aliphatic rings. The van der Waals surface area contributed by atoms with E-state index in [9.17, 15) is 30.3 Å². The topological polar surface area (TPSA) is 139 Å². The van der Waals surface area contributed by atoms with Crippen molar-refractivity contribution >= 4 is 5.69 Å². The number of nitro benzene ring substituents is 1. The summed E-state index contributed by atoms with van der Waals surface area (Å²) < 4.78 is 4.38. The number of hydrogen-bond donors (Lipinski definition) is 0. The van der Waals surface area contributed by atoms with E-state index >= 15 is 0 Å². The van der Waals surface area contributed by atoms with Gasteiger partial charge < -0.3 is 0 Å². The van der Waals surface area contributed by atoms with E-state index in [0.29, 0.717) is 0 Å². The quantitative estimate of drug-likeness (QED) is 0.433. The Morgan fingerprint density at radius 2 is 1.44 bits per heavy atom. The summed E-state index contributed by atoms with van der Waals surface area (Å²) in [4.78, 5) is 28.9. The second-order valence-corrected chi connectivity index (χ2v) is 3.13. The number of ether oxygens (including phenoxy) is 1. The molecule has 0 bridgehead atoms. The van der Waals surface area contributed by atoms with Crippen LogP contribution in [-0.4, -0.2) is 21.9 Å². The molecule has 0 saturated heterocycles. The molecule has 0 atom stereocenters. The monoisotopic (exact) mass is 257 g/mol. The second-order valence-electron chi connectivity index (χ2n) is 3.13. The molecule has 0 N–H and O–H groups in total. The predicted molar refractivity (Wildman–Crippen MR) is 55.8 cm³/mol. The lowest BCUT2D eigenvalue weighted by Gasteiger charge is -2.14. The SMILES string of the molecule is COC(c1ccc([N+](=O)[O-])cc1)([N+](=O)[O-])[N+](=O)[O-]. The van der Waals surface area contributed by atoms with E-state index in [1.165, 1.54) is 0 Å². The van der Waals surface area contributed by atoms with Crippen molar-refractivity contribution in [1.82, 2.24) is 0 Å². The molecule has 10 heteroatoms. The standard InChI is InChI=1S/C8H7N3O7/c1-18-8(10(14)15,11(16)17)6-2-4-7(5-3-6)9(12)13/h2-5H,1H3. The first-order chi connectivity index (χ1) is 8.36. The van der Waals surface area contributed by atoms with Crippen LogP contribution in [0.4, 0.5) is 5.69 Å². The highest BCUT2D eigenvalue weighted by atomic mass is 16.8. The molecule has 18 heavy (non-hydrogen) atoms. The molecule has 0 saturated carbocycles. The molecule has 0 aliphatic carbocycles. The van der Waals surface area contributed by atoms with Gasteiger partial charge in [-0.2, -0.15) is 0 Å². The normalized spacial score (nSPS) is 10.9. The molecule has 10 nitrogen and oxygen atoms in total. The van der Waals surface area contributed by atoms with Gasteiger partial charge in [0.2, 0.25) is 0 Å². The maximum absolute atomic E-state index is 10.8. The van der Waals surface area contributed by atoms with E-state index < -0.39 is 26.2 Å². The lowest BCUT2D eigenvalue weighted by atomic mass is 10.1. The Hall–Kier alpha value is -2.62. The summed E-state index contributed by atoms with van der Waals surface area (Å²) in [5.74, 6) is -2.96. The summed E-state index contributed by atoms with van der Waals surface area (Å²) in [6.07, 6.45) is 0. The van der Waals surface area contributed by atoms with Crippen LogP contribution in [0.25, 0.3) is 0 Å². The molecular formula is C8H7N3O7. The Morgan fingerprint density at radius 3 is 1.72 bits per heavy atom. The average molecular weight is 257 g/mol. The number of nitrogens with zero attached hydrogens (tertiary/aromatic N) is 3. The Labute approximate surface area is 99.2 Å². The lowest BCUT2D eigenvalue weighted by Crippen LogP contribution is -2.45. The number of methoxy groups -OCH3 is 1. The summed E-state index contributed by atoms with van der Waals surface area (Å²) in [5, 5.41) is 32.0. The summed E-state index contributed by atoms with van der Waals surface area (Å²) in [6.45, 7) is 0. The molecule has 0 aliphatic heterocycles. The third-order valence-corrected chi connectivity index (χ3v) is 2.23. The highest BCUT2D eigenvalue weighted by molar-refractivity contribution is 5.33. The Balaban J connectivity index is 3.35. The van der Waals surface area contributed by atoms with Gasteiger partial charge in [-0.3, -0.25) is 35.1 Å². The van der Waals surface area contributed by atoms with Crippen molar-refractivity contribution in [2.24, 2.45) is 0 Å². The molecule has 0 unspecified atom stereocenters. The molecule has 0 aromatic heterocycles. The molecule has 1 aromatic carbocycles. The van der Waals surface area contributed by atoms with Crippen molar-refractivity contribution in [1.29, 1.82) is 0 Å². The van der Waals surface area contributed by atoms with Crippen LogP contribution in [0.15, 0.2) is 24.3 Å². The van der Waals surface area contributed by atoms with Crippen LogP contribution in [-0.2, 0) is 10.6 Å². The third-order valence-electron chi connectivity index (χ3n) is 2.23. The van der Waals surface area contributed by atoms with Crippen molar-refractivity contribution in [2.45, 2.75) is 5.85 Å². The first-order valence-corrected chi connectivity index (χ1v) is 4.45. The van der Waals surface area contributed by atoms with Gasteiger partial charge in [0.25, 0.3) is 5.69 Å². The minimum Gasteiger partial charge on any atom is -0.258 e. The Morgan fingerprint density at radius 1 is 1.00 bits per heavy atom. The fraction of sp³-hybridized carbons (Fsp3) is 0.250. The zero-order valence-electron chi connectivity index (χ0n) is 9.01. The number of rotatable bonds is 5. The van der Waals surface area contributed by atoms with Crippen molar-refractivity contribution in [3.63, 3.8) is 0 Å². The van der Waals surface area contributed by atoms with E-state index in [1.54, 1.807) is 0 Å². The van der Waals surface area contributed by atoms with Crippen LogP contribution in [0, 0.1) is 30.3 Å². The minimum atomic E-state index is -2.96. The van der Waals surface area contributed by atoms with Crippen LogP contribution in [0.5, 0.6) is 0 Å². The van der Waals surface area contributed by atoms with Gasteiger partial charge >= 0.3 is 5.85 Å². The maximum Gasteiger partial charge on any atom is 0.606 e. The summed E-state index contributed by atoms with van der Waals surface area (Å²) in [5.41, 5.74) is -0.749. The molecule has 0 amide bonds.